The summed E-state index contributed by atoms with van der Waals surface area (Å²) in [7, 11) is 1.56. The molecule has 2 aromatic carbocycles. The van der Waals surface area contributed by atoms with Gasteiger partial charge in [-0.15, -0.1) is 0 Å². The highest BCUT2D eigenvalue weighted by Crippen LogP contribution is 2.34. The van der Waals surface area contributed by atoms with E-state index < -0.39 is 0 Å². The van der Waals surface area contributed by atoms with E-state index in [0.29, 0.717) is 28.7 Å². The van der Waals surface area contributed by atoms with Crippen LogP contribution in [0.15, 0.2) is 36.4 Å². The molecule has 0 aromatic heterocycles. The molecule has 26 heavy (non-hydrogen) atoms. The summed E-state index contributed by atoms with van der Waals surface area (Å²) < 4.78 is 5.29. The maximum absolute atomic E-state index is 12.7. The zero-order valence-electron chi connectivity index (χ0n) is 15.7. The number of para-hydroxylation sites is 1. The van der Waals surface area contributed by atoms with Gasteiger partial charge < -0.3 is 20.7 Å². The van der Waals surface area contributed by atoms with Crippen molar-refractivity contribution in [3.8, 4) is 5.75 Å². The van der Waals surface area contributed by atoms with Crippen LogP contribution in [0.4, 0.5) is 17.1 Å². The summed E-state index contributed by atoms with van der Waals surface area (Å²) in [6.45, 7) is 5.35. The summed E-state index contributed by atoms with van der Waals surface area (Å²) in [5, 5.41) is 2.95. The van der Waals surface area contributed by atoms with Crippen LogP contribution in [-0.4, -0.2) is 25.6 Å². The molecule has 3 N–H and O–H groups in total. The first-order chi connectivity index (χ1) is 12.5. The lowest BCUT2D eigenvalue weighted by Gasteiger charge is -2.36. The third-order valence-electron chi connectivity index (χ3n) is 5.08. The van der Waals surface area contributed by atoms with Gasteiger partial charge in [-0.1, -0.05) is 12.1 Å². The topological polar surface area (TPSA) is 67.6 Å². The SMILES string of the molecule is COc1ccccc1C(=O)Nc1cc(N2CCCC[C@@H]2C)c(C)cc1N. The van der Waals surface area contributed by atoms with E-state index in [-0.39, 0.29) is 5.91 Å². The minimum atomic E-state index is -0.226. The van der Waals surface area contributed by atoms with E-state index in [1.807, 2.05) is 24.3 Å². The predicted octanol–water partition coefficient (Wildman–Crippen LogP) is 4.22. The minimum absolute atomic E-state index is 0.226. The fraction of sp³-hybridized carbons (Fsp3) is 0.381. The van der Waals surface area contributed by atoms with Gasteiger partial charge in [0, 0.05) is 18.3 Å². The summed E-state index contributed by atoms with van der Waals surface area (Å²) in [6, 6.07) is 11.6. The number of hydrogen-bond acceptors (Lipinski definition) is 4. The molecule has 1 amide bonds. The number of hydrogen-bond donors (Lipinski definition) is 2. The first-order valence-electron chi connectivity index (χ1n) is 9.12. The normalized spacial score (nSPS) is 17.0. The van der Waals surface area contributed by atoms with E-state index in [4.69, 9.17) is 10.5 Å². The Morgan fingerprint density at radius 2 is 2.04 bits per heavy atom. The lowest BCUT2D eigenvalue weighted by Crippen LogP contribution is -2.37. The monoisotopic (exact) mass is 353 g/mol. The molecular formula is C21H27N3O2. The summed E-state index contributed by atoms with van der Waals surface area (Å²) in [5.74, 6) is 0.316. The second kappa shape index (κ2) is 7.68. The molecule has 0 aliphatic carbocycles. The lowest BCUT2D eigenvalue weighted by atomic mass is 10.0. The number of aryl methyl sites for hydroxylation is 1. The molecule has 1 aliphatic heterocycles. The predicted molar refractivity (Wildman–Crippen MR) is 107 cm³/mol. The van der Waals surface area contributed by atoms with Gasteiger partial charge in [-0.2, -0.15) is 0 Å². The van der Waals surface area contributed by atoms with E-state index in [9.17, 15) is 4.79 Å². The number of ether oxygens (including phenoxy) is 1. The number of methoxy groups -OCH3 is 1. The van der Waals surface area contributed by atoms with Gasteiger partial charge in [-0.3, -0.25) is 4.79 Å². The number of carbonyl (C=O) groups excluding carboxylic acids is 1. The fourth-order valence-electron chi connectivity index (χ4n) is 3.61. The van der Waals surface area contributed by atoms with Crippen molar-refractivity contribution in [2.75, 3.05) is 29.6 Å². The number of rotatable bonds is 4. The van der Waals surface area contributed by atoms with E-state index in [1.54, 1.807) is 19.2 Å². The molecule has 1 heterocycles. The van der Waals surface area contributed by atoms with Gasteiger partial charge in [-0.05, 0) is 62.9 Å². The molecule has 1 fully saturated rings. The quantitative estimate of drug-likeness (QED) is 0.808. The van der Waals surface area contributed by atoms with Gasteiger partial charge in [-0.25, -0.2) is 0 Å². The largest absolute Gasteiger partial charge is 0.496 e. The van der Waals surface area contributed by atoms with Crippen LogP contribution in [0.1, 0.15) is 42.1 Å². The van der Waals surface area contributed by atoms with Gasteiger partial charge in [0.1, 0.15) is 5.75 Å². The highest BCUT2D eigenvalue weighted by Gasteiger charge is 2.22. The molecule has 1 atom stereocenters. The Bertz CT molecular complexity index is 804. The van der Waals surface area contributed by atoms with Gasteiger partial charge in [0.2, 0.25) is 0 Å². The Balaban J connectivity index is 1.90. The zero-order chi connectivity index (χ0) is 18.7. The zero-order valence-corrected chi connectivity index (χ0v) is 15.7. The molecule has 138 valence electrons. The highest BCUT2D eigenvalue weighted by atomic mass is 16.5. The second-order valence-corrected chi connectivity index (χ2v) is 6.92. The lowest BCUT2D eigenvalue weighted by molar-refractivity contribution is 0.102. The molecule has 5 heteroatoms. The first-order valence-corrected chi connectivity index (χ1v) is 9.12. The average molecular weight is 353 g/mol. The Hall–Kier alpha value is -2.69. The van der Waals surface area contributed by atoms with Gasteiger partial charge >= 0.3 is 0 Å². The van der Waals surface area contributed by atoms with Crippen LogP contribution in [0.3, 0.4) is 0 Å². The Labute approximate surface area is 155 Å². The molecule has 1 aliphatic rings. The molecule has 5 nitrogen and oxygen atoms in total. The molecule has 2 aromatic rings. The van der Waals surface area contributed by atoms with Crippen LogP contribution >= 0.6 is 0 Å². The summed E-state index contributed by atoms with van der Waals surface area (Å²) in [5.41, 5.74) is 10.2. The highest BCUT2D eigenvalue weighted by molar-refractivity contribution is 6.07. The first kappa shape index (κ1) is 18.1. The second-order valence-electron chi connectivity index (χ2n) is 6.92. The number of benzene rings is 2. The van der Waals surface area contributed by atoms with Crippen molar-refractivity contribution in [1.29, 1.82) is 0 Å². The van der Waals surface area contributed by atoms with E-state index >= 15 is 0 Å². The number of carbonyl (C=O) groups is 1. The Kier molecular flexibility index (Phi) is 5.35. The number of piperidine rings is 1. The maximum atomic E-state index is 12.7. The number of nitrogens with two attached hydrogens (primary N) is 1. The smallest absolute Gasteiger partial charge is 0.259 e. The van der Waals surface area contributed by atoms with Crippen molar-refractivity contribution in [3.63, 3.8) is 0 Å². The molecule has 3 rings (SSSR count). The molecule has 0 radical (unpaired) electrons. The Morgan fingerprint density at radius 1 is 1.27 bits per heavy atom. The standard InChI is InChI=1S/C21H27N3O2/c1-14-12-17(22)18(13-19(14)24-11-7-6-8-15(24)2)23-21(25)16-9-4-5-10-20(16)26-3/h4-5,9-10,12-13,15H,6-8,11,22H2,1-3H3,(H,23,25)/t15-/m0/s1. The van der Waals surface area contributed by atoms with Crippen molar-refractivity contribution in [1.82, 2.24) is 0 Å². The maximum Gasteiger partial charge on any atom is 0.259 e. The third-order valence-corrected chi connectivity index (χ3v) is 5.08. The van der Waals surface area contributed by atoms with Crippen molar-refractivity contribution >= 4 is 23.0 Å². The number of nitrogens with one attached hydrogen (secondary N) is 1. The van der Waals surface area contributed by atoms with Crippen molar-refractivity contribution < 1.29 is 9.53 Å². The summed E-state index contributed by atoms with van der Waals surface area (Å²) in [6.07, 6.45) is 3.65. The van der Waals surface area contributed by atoms with Gasteiger partial charge in [0.15, 0.2) is 0 Å². The van der Waals surface area contributed by atoms with Crippen molar-refractivity contribution in [2.45, 2.75) is 39.2 Å². The van der Waals surface area contributed by atoms with E-state index in [0.717, 1.165) is 17.8 Å². The van der Waals surface area contributed by atoms with Gasteiger partial charge in [0.05, 0.1) is 24.0 Å². The van der Waals surface area contributed by atoms with Gasteiger partial charge in [0.25, 0.3) is 5.91 Å². The van der Waals surface area contributed by atoms with Crippen molar-refractivity contribution in [3.05, 3.63) is 47.5 Å². The van der Waals surface area contributed by atoms with Crippen LogP contribution in [0, 0.1) is 6.92 Å². The summed E-state index contributed by atoms with van der Waals surface area (Å²) >= 11 is 0. The molecular weight excluding hydrogens is 326 g/mol. The fourth-order valence-corrected chi connectivity index (χ4v) is 3.61. The van der Waals surface area contributed by atoms with Crippen LogP contribution < -0.4 is 20.7 Å². The van der Waals surface area contributed by atoms with Crippen molar-refractivity contribution in [2.24, 2.45) is 0 Å². The number of amides is 1. The molecule has 1 saturated heterocycles. The average Bonchev–Trinajstić information content (AvgIpc) is 2.64. The Morgan fingerprint density at radius 3 is 2.77 bits per heavy atom. The molecule has 0 bridgehead atoms. The van der Waals surface area contributed by atoms with Crippen LogP contribution in [0.25, 0.3) is 0 Å². The van der Waals surface area contributed by atoms with Crippen LogP contribution in [-0.2, 0) is 0 Å². The minimum Gasteiger partial charge on any atom is -0.496 e. The van der Waals surface area contributed by atoms with E-state index in [1.165, 1.54) is 19.3 Å². The van der Waals surface area contributed by atoms with Crippen LogP contribution in [0.5, 0.6) is 5.75 Å². The number of anilines is 3. The third kappa shape index (κ3) is 3.62. The molecule has 0 saturated carbocycles. The molecule has 0 unspecified atom stereocenters. The number of nitrogens with zero attached hydrogens (tertiary/aromatic N) is 1. The van der Waals surface area contributed by atoms with Crippen LogP contribution in [0.2, 0.25) is 0 Å². The number of nitrogen functional groups attached to an aromatic ring is 1. The van der Waals surface area contributed by atoms with E-state index in [2.05, 4.69) is 24.1 Å². The summed E-state index contributed by atoms with van der Waals surface area (Å²) in [4.78, 5) is 15.1. The molecule has 0 spiro atoms.